The van der Waals surface area contributed by atoms with E-state index < -0.39 is 0 Å². The molecule has 1 aliphatic rings. The summed E-state index contributed by atoms with van der Waals surface area (Å²) in [6.07, 6.45) is 2.71. The molecule has 0 aliphatic carbocycles. The van der Waals surface area contributed by atoms with Gasteiger partial charge < -0.3 is 19.4 Å². The number of nitrogens with one attached hydrogen (secondary N) is 1. The first-order valence-electron chi connectivity index (χ1n) is 7.83. The Kier molecular flexibility index (Phi) is 4.03. The van der Waals surface area contributed by atoms with E-state index in [2.05, 4.69) is 11.9 Å². The molecule has 0 bridgehead atoms. The first-order valence-corrected chi connectivity index (χ1v) is 7.83. The molecule has 1 aromatic carbocycles. The standard InChI is InChI=1S/C18H22N2O3/c1-5-8-20-17(16-11(2)19-10-14(16)18(20)21)13-9-12(22-3)6-7-15(13)23-4/h6-7,9-10,17,19H,5,8H2,1-4H3. The molecule has 1 amide bonds. The van der Waals surface area contributed by atoms with Crippen molar-refractivity contribution in [2.24, 2.45) is 0 Å². The molecule has 0 saturated heterocycles. The number of aryl methyl sites for hydroxylation is 1. The second-order valence-corrected chi connectivity index (χ2v) is 5.75. The van der Waals surface area contributed by atoms with Gasteiger partial charge in [-0.25, -0.2) is 0 Å². The van der Waals surface area contributed by atoms with E-state index in [1.807, 2.05) is 36.2 Å². The minimum Gasteiger partial charge on any atom is -0.497 e. The Morgan fingerprint density at radius 3 is 2.70 bits per heavy atom. The number of aromatic amines is 1. The van der Waals surface area contributed by atoms with Crippen LogP contribution in [-0.4, -0.2) is 36.6 Å². The van der Waals surface area contributed by atoms with E-state index >= 15 is 0 Å². The molecule has 3 rings (SSSR count). The molecule has 0 spiro atoms. The lowest BCUT2D eigenvalue weighted by Crippen LogP contribution is -2.30. The highest BCUT2D eigenvalue weighted by Crippen LogP contribution is 2.44. The van der Waals surface area contributed by atoms with Gasteiger partial charge in [0.1, 0.15) is 11.5 Å². The van der Waals surface area contributed by atoms with Gasteiger partial charge in [-0.1, -0.05) is 6.92 Å². The summed E-state index contributed by atoms with van der Waals surface area (Å²) in [5, 5.41) is 0. The van der Waals surface area contributed by atoms with Crippen molar-refractivity contribution in [3.05, 3.63) is 46.8 Å². The second-order valence-electron chi connectivity index (χ2n) is 5.75. The third-order valence-corrected chi connectivity index (χ3v) is 4.40. The van der Waals surface area contributed by atoms with E-state index in [-0.39, 0.29) is 11.9 Å². The number of fused-ring (bicyclic) bond motifs is 1. The average molecular weight is 314 g/mol. The summed E-state index contributed by atoms with van der Waals surface area (Å²) in [5.74, 6) is 1.59. The van der Waals surface area contributed by atoms with Crippen LogP contribution in [0.15, 0.2) is 24.4 Å². The van der Waals surface area contributed by atoms with Crippen molar-refractivity contribution in [2.75, 3.05) is 20.8 Å². The quantitative estimate of drug-likeness (QED) is 0.921. The smallest absolute Gasteiger partial charge is 0.256 e. The zero-order valence-corrected chi connectivity index (χ0v) is 14.0. The summed E-state index contributed by atoms with van der Waals surface area (Å²) in [6.45, 7) is 4.79. The van der Waals surface area contributed by atoms with Crippen LogP contribution >= 0.6 is 0 Å². The third-order valence-electron chi connectivity index (χ3n) is 4.40. The van der Waals surface area contributed by atoms with Crippen LogP contribution < -0.4 is 9.47 Å². The Morgan fingerprint density at radius 1 is 1.26 bits per heavy atom. The number of amides is 1. The zero-order chi connectivity index (χ0) is 16.6. The van der Waals surface area contributed by atoms with E-state index in [1.165, 1.54) is 0 Å². The maximum atomic E-state index is 12.8. The molecule has 1 aromatic heterocycles. The van der Waals surface area contributed by atoms with Gasteiger partial charge in [-0.15, -0.1) is 0 Å². The molecule has 0 radical (unpaired) electrons. The number of aromatic nitrogens is 1. The van der Waals surface area contributed by atoms with Gasteiger partial charge in [0.2, 0.25) is 0 Å². The highest BCUT2D eigenvalue weighted by Gasteiger charge is 2.40. The number of nitrogens with zero attached hydrogens (tertiary/aromatic N) is 1. The molecule has 5 nitrogen and oxygen atoms in total. The van der Waals surface area contributed by atoms with Crippen molar-refractivity contribution in [1.29, 1.82) is 0 Å². The molecule has 23 heavy (non-hydrogen) atoms. The summed E-state index contributed by atoms with van der Waals surface area (Å²) in [6, 6.07) is 5.58. The first kappa shape index (κ1) is 15.5. The molecule has 2 heterocycles. The van der Waals surface area contributed by atoms with Gasteiger partial charge in [0.15, 0.2) is 0 Å². The Labute approximate surface area is 136 Å². The van der Waals surface area contributed by atoms with Crippen molar-refractivity contribution in [1.82, 2.24) is 9.88 Å². The van der Waals surface area contributed by atoms with Gasteiger partial charge in [-0.2, -0.15) is 0 Å². The molecule has 1 aliphatic heterocycles. The van der Waals surface area contributed by atoms with E-state index in [0.717, 1.165) is 40.3 Å². The predicted molar refractivity (Wildman–Crippen MR) is 88.2 cm³/mol. The fourth-order valence-corrected chi connectivity index (χ4v) is 3.34. The normalized spacial score (nSPS) is 16.6. The minimum absolute atomic E-state index is 0.0704. The number of hydrogen-bond donors (Lipinski definition) is 1. The van der Waals surface area contributed by atoms with Crippen LogP contribution in [-0.2, 0) is 0 Å². The van der Waals surface area contributed by atoms with Gasteiger partial charge in [0.25, 0.3) is 5.91 Å². The van der Waals surface area contributed by atoms with Gasteiger partial charge in [0, 0.05) is 29.6 Å². The van der Waals surface area contributed by atoms with Crippen LogP contribution in [0.25, 0.3) is 0 Å². The highest BCUT2D eigenvalue weighted by molar-refractivity contribution is 6.00. The second kappa shape index (κ2) is 5.99. The Hall–Kier alpha value is -2.43. The van der Waals surface area contributed by atoms with Gasteiger partial charge in [0.05, 0.1) is 25.8 Å². The fraction of sp³-hybridized carbons (Fsp3) is 0.389. The summed E-state index contributed by atoms with van der Waals surface area (Å²) < 4.78 is 10.9. The van der Waals surface area contributed by atoms with Crippen molar-refractivity contribution in [2.45, 2.75) is 26.3 Å². The van der Waals surface area contributed by atoms with E-state index in [0.29, 0.717) is 6.54 Å². The average Bonchev–Trinajstić information content (AvgIpc) is 3.07. The summed E-state index contributed by atoms with van der Waals surface area (Å²) >= 11 is 0. The summed E-state index contributed by atoms with van der Waals surface area (Å²) in [5.41, 5.74) is 3.76. The lowest BCUT2D eigenvalue weighted by molar-refractivity contribution is 0.0747. The predicted octanol–water partition coefficient (Wildman–Crippen LogP) is 3.30. The first-order chi connectivity index (χ1) is 11.1. The number of carbonyl (C=O) groups excluding carboxylic acids is 1. The number of rotatable bonds is 5. The minimum atomic E-state index is -0.145. The molecule has 1 unspecified atom stereocenters. The van der Waals surface area contributed by atoms with Crippen LogP contribution in [0.3, 0.4) is 0 Å². The largest absolute Gasteiger partial charge is 0.497 e. The van der Waals surface area contributed by atoms with Crippen LogP contribution in [0.5, 0.6) is 11.5 Å². The highest BCUT2D eigenvalue weighted by atomic mass is 16.5. The number of H-pyrrole nitrogens is 1. The van der Waals surface area contributed by atoms with Crippen molar-refractivity contribution in [3.63, 3.8) is 0 Å². The Morgan fingerprint density at radius 2 is 2.04 bits per heavy atom. The van der Waals surface area contributed by atoms with E-state index in [1.54, 1.807) is 14.2 Å². The van der Waals surface area contributed by atoms with Gasteiger partial charge in [-0.05, 0) is 31.5 Å². The van der Waals surface area contributed by atoms with E-state index in [4.69, 9.17) is 9.47 Å². The Bertz CT molecular complexity index is 736. The molecule has 0 fully saturated rings. The lowest BCUT2D eigenvalue weighted by atomic mass is 9.97. The van der Waals surface area contributed by atoms with Crippen molar-refractivity contribution < 1.29 is 14.3 Å². The number of ether oxygens (including phenoxy) is 2. The monoisotopic (exact) mass is 314 g/mol. The van der Waals surface area contributed by atoms with Crippen LogP contribution in [0.2, 0.25) is 0 Å². The molecule has 122 valence electrons. The van der Waals surface area contributed by atoms with Gasteiger partial charge in [-0.3, -0.25) is 4.79 Å². The molecule has 1 N–H and O–H groups in total. The number of carbonyl (C=O) groups is 1. The SMILES string of the molecule is CCCN1C(=O)c2c[nH]c(C)c2C1c1cc(OC)ccc1OC. The maximum absolute atomic E-state index is 12.8. The van der Waals surface area contributed by atoms with E-state index in [9.17, 15) is 4.79 Å². The van der Waals surface area contributed by atoms with Crippen molar-refractivity contribution in [3.8, 4) is 11.5 Å². The van der Waals surface area contributed by atoms with Gasteiger partial charge >= 0.3 is 0 Å². The molecule has 2 aromatic rings. The molecular weight excluding hydrogens is 292 g/mol. The molecule has 1 atom stereocenters. The van der Waals surface area contributed by atoms with Crippen LogP contribution in [0.1, 0.15) is 46.6 Å². The van der Waals surface area contributed by atoms with Crippen LogP contribution in [0, 0.1) is 6.92 Å². The number of methoxy groups -OCH3 is 2. The number of hydrogen-bond acceptors (Lipinski definition) is 3. The van der Waals surface area contributed by atoms with Crippen molar-refractivity contribution >= 4 is 5.91 Å². The summed E-state index contributed by atoms with van der Waals surface area (Å²) in [7, 11) is 3.29. The summed E-state index contributed by atoms with van der Waals surface area (Å²) in [4.78, 5) is 17.9. The topological polar surface area (TPSA) is 54.6 Å². The Balaban J connectivity index is 2.19. The fourth-order valence-electron chi connectivity index (χ4n) is 3.34. The molecule has 0 saturated carbocycles. The lowest BCUT2D eigenvalue weighted by Gasteiger charge is -2.27. The molecular formula is C18H22N2O3. The zero-order valence-electron chi connectivity index (χ0n) is 14.0. The molecule has 5 heteroatoms. The van der Waals surface area contributed by atoms with Crippen LogP contribution in [0.4, 0.5) is 0 Å². The third kappa shape index (κ3) is 2.36. The number of benzene rings is 1. The maximum Gasteiger partial charge on any atom is 0.256 e.